The molecule has 1 aliphatic carbocycles. The maximum Gasteiger partial charge on any atom is 0.135 e. The van der Waals surface area contributed by atoms with Crippen molar-refractivity contribution in [2.75, 3.05) is 0 Å². The summed E-state index contributed by atoms with van der Waals surface area (Å²) < 4.78 is 6.95. The van der Waals surface area contributed by atoms with Gasteiger partial charge in [-0.15, -0.1) is 0 Å². The van der Waals surface area contributed by atoms with Crippen molar-refractivity contribution in [1.29, 1.82) is 0 Å². The highest BCUT2D eigenvalue weighted by atomic mass is 16.5. The van der Waals surface area contributed by atoms with Crippen LogP contribution in [0.4, 0.5) is 0 Å². The molecule has 0 saturated heterocycles. The predicted octanol–water partition coefficient (Wildman–Crippen LogP) is 14.3. The van der Waals surface area contributed by atoms with Crippen LogP contribution in [0.2, 0.25) is 0 Å². The van der Waals surface area contributed by atoms with Crippen molar-refractivity contribution in [3.05, 3.63) is 218 Å². The van der Waals surface area contributed by atoms with Gasteiger partial charge < -0.3 is 4.74 Å². The average molecular weight is 753 g/mol. The smallest absolute Gasteiger partial charge is 0.135 e. The molecule has 3 heteroatoms. The number of ether oxygens (including phenoxy) is 1. The zero-order chi connectivity index (χ0) is 38.9. The van der Waals surface area contributed by atoms with E-state index in [-0.39, 0.29) is 12.0 Å². The maximum atomic E-state index is 6.95. The van der Waals surface area contributed by atoms with E-state index in [1.807, 2.05) is 6.20 Å². The van der Waals surface area contributed by atoms with Gasteiger partial charge >= 0.3 is 0 Å². The van der Waals surface area contributed by atoms with Gasteiger partial charge in [0.25, 0.3) is 0 Å². The van der Waals surface area contributed by atoms with Crippen LogP contribution in [0.3, 0.4) is 0 Å². The summed E-state index contributed by atoms with van der Waals surface area (Å²) in [6, 6.07) is 65.2. The average Bonchev–Trinajstić information content (AvgIpc) is 3.71. The summed E-state index contributed by atoms with van der Waals surface area (Å²) in [6.45, 7) is 0. The minimum absolute atomic E-state index is 0.0805. The number of para-hydroxylation sites is 1. The summed E-state index contributed by atoms with van der Waals surface area (Å²) in [4.78, 5) is 10.2. The van der Waals surface area contributed by atoms with Crippen LogP contribution in [0.5, 0.6) is 5.75 Å². The van der Waals surface area contributed by atoms with Crippen molar-refractivity contribution < 1.29 is 4.74 Å². The molecule has 2 heterocycles. The van der Waals surface area contributed by atoms with Crippen molar-refractivity contribution in [2.24, 2.45) is 0 Å². The molecule has 0 amide bonds. The lowest BCUT2D eigenvalue weighted by atomic mass is 9.83. The molecule has 10 aromatic rings. The van der Waals surface area contributed by atoms with Crippen LogP contribution in [0.15, 0.2) is 206 Å². The number of aromatic nitrogens is 2. The Hall–Kier alpha value is -7.62. The lowest BCUT2D eigenvalue weighted by Crippen LogP contribution is -2.23. The first kappa shape index (κ1) is 33.5. The normalized spacial score (nSPS) is 15.6. The molecule has 0 fully saturated rings. The SMILES string of the molecule is C1=CC(c2ccc(-c3cccc(-c4ccc(-c5cnc6c7ccccc7c7ccccc7c6n5)cc4)c3)cc2)C2Oc3c(cccc3-c3cccc4ccccc34)C2=C1. The quantitative estimate of drug-likeness (QED) is 0.164. The molecule has 2 atom stereocenters. The number of fused-ring (bicyclic) bond motifs is 10. The maximum absolute atomic E-state index is 6.95. The topological polar surface area (TPSA) is 35.0 Å². The molecular formula is C56H36N2O. The van der Waals surface area contributed by atoms with Gasteiger partial charge in [0.05, 0.1) is 22.9 Å². The molecule has 1 aliphatic heterocycles. The number of hydrogen-bond acceptors (Lipinski definition) is 3. The number of hydrogen-bond donors (Lipinski definition) is 0. The second-order valence-electron chi connectivity index (χ2n) is 15.6. The van der Waals surface area contributed by atoms with Crippen molar-refractivity contribution in [1.82, 2.24) is 9.97 Å². The molecule has 1 aromatic heterocycles. The Kier molecular flexibility index (Phi) is 7.67. The number of nitrogens with zero attached hydrogens (tertiary/aromatic N) is 2. The molecule has 2 unspecified atom stereocenters. The van der Waals surface area contributed by atoms with E-state index < -0.39 is 0 Å². The first-order chi connectivity index (χ1) is 29.2. The van der Waals surface area contributed by atoms with Crippen molar-refractivity contribution in [2.45, 2.75) is 12.0 Å². The second-order valence-corrected chi connectivity index (χ2v) is 15.6. The lowest BCUT2D eigenvalue weighted by molar-refractivity contribution is 0.259. The van der Waals surface area contributed by atoms with Gasteiger partial charge in [0.2, 0.25) is 0 Å². The number of benzene rings is 9. The fraction of sp³-hybridized carbons (Fsp3) is 0.0357. The highest BCUT2D eigenvalue weighted by molar-refractivity contribution is 6.23. The molecule has 59 heavy (non-hydrogen) atoms. The molecule has 12 rings (SSSR count). The van der Waals surface area contributed by atoms with Crippen LogP contribution in [-0.4, -0.2) is 16.1 Å². The molecular weight excluding hydrogens is 717 g/mol. The van der Waals surface area contributed by atoms with Gasteiger partial charge in [-0.2, -0.15) is 0 Å². The van der Waals surface area contributed by atoms with Crippen LogP contribution in [0, 0.1) is 0 Å². The van der Waals surface area contributed by atoms with E-state index >= 15 is 0 Å². The van der Waals surface area contributed by atoms with E-state index in [2.05, 4.69) is 200 Å². The molecule has 3 nitrogen and oxygen atoms in total. The molecule has 0 spiro atoms. The van der Waals surface area contributed by atoms with Crippen LogP contribution in [0.1, 0.15) is 17.0 Å². The fourth-order valence-corrected chi connectivity index (χ4v) is 9.40. The molecule has 0 saturated carbocycles. The van der Waals surface area contributed by atoms with Crippen molar-refractivity contribution >= 4 is 48.9 Å². The van der Waals surface area contributed by atoms with Crippen molar-refractivity contribution in [3.63, 3.8) is 0 Å². The monoisotopic (exact) mass is 752 g/mol. The number of allylic oxidation sites excluding steroid dienone is 2. The van der Waals surface area contributed by atoms with Crippen LogP contribution >= 0.6 is 0 Å². The molecule has 0 bridgehead atoms. The Balaban J connectivity index is 0.810. The molecule has 276 valence electrons. The minimum Gasteiger partial charge on any atom is -0.483 e. The zero-order valence-corrected chi connectivity index (χ0v) is 32.1. The largest absolute Gasteiger partial charge is 0.483 e. The molecule has 0 radical (unpaired) electrons. The summed E-state index contributed by atoms with van der Waals surface area (Å²) in [5.41, 5.74) is 14.5. The summed E-state index contributed by atoms with van der Waals surface area (Å²) in [7, 11) is 0. The molecule has 9 aromatic carbocycles. The summed E-state index contributed by atoms with van der Waals surface area (Å²) >= 11 is 0. The van der Waals surface area contributed by atoms with Gasteiger partial charge in [0.15, 0.2) is 0 Å². The van der Waals surface area contributed by atoms with Gasteiger partial charge in [-0.05, 0) is 61.0 Å². The van der Waals surface area contributed by atoms with E-state index in [4.69, 9.17) is 14.7 Å². The van der Waals surface area contributed by atoms with Gasteiger partial charge in [-0.1, -0.05) is 194 Å². The van der Waals surface area contributed by atoms with E-state index in [0.717, 1.165) is 49.9 Å². The standard InChI is InChI=1S/C56H36N2O/c1-2-15-42-37(11-1)12-8-21-44(42)49-22-10-24-51-50-23-9-20-43(55(50)59-56(49)51)38-29-25-35(26-30-38)40-13-7-14-41(33-40)36-27-31-39(32-28-36)52-34-57-53-47-18-5-3-16-45(47)46-17-4-6-19-48(46)54(53)58-52/h1-34,43,55H. The molecule has 0 N–H and O–H groups in total. The predicted molar refractivity (Wildman–Crippen MR) is 245 cm³/mol. The third-order valence-corrected chi connectivity index (χ3v) is 12.3. The Morgan fingerprint density at radius 3 is 1.78 bits per heavy atom. The third kappa shape index (κ3) is 5.50. The van der Waals surface area contributed by atoms with Gasteiger partial charge in [-0.25, -0.2) is 4.98 Å². The van der Waals surface area contributed by atoms with E-state index in [9.17, 15) is 0 Å². The second kappa shape index (κ2) is 13.5. The lowest BCUT2D eigenvalue weighted by Gasteiger charge is -2.25. The Morgan fingerprint density at radius 1 is 0.441 bits per heavy atom. The van der Waals surface area contributed by atoms with Gasteiger partial charge in [-0.3, -0.25) is 4.98 Å². The van der Waals surface area contributed by atoms with E-state index in [0.29, 0.717) is 0 Å². The van der Waals surface area contributed by atoms with Crippen LogP contribution in [0.25, 0.3) is 93.6 Å². The first-order valence-electron chi connectivity index (χ1n) is 20.3. The van der Waals surface area contributed by atoms with Crippen molar-refractivity contribution in [3.8, 4) is 50.4 Å². The molecule has 2 aliphatic rings. The summed E-state index contributed by atoms with van der Waals surface area (Å²) in [6.07, 6.45) is 8.53. The Labute approximate surface area is 342 Å². The van der Waals surface area contributed by atoms with E-state index in [1.54, 1.807) is 0 Å². The number of rotatable bonds is 5. The first-order valence-corrected chi connectivity index (χ1v) is 20.3. The van der Waals surface area contributed by atoms with Gasteiger partial charge in [0, 0.05) is 39.0 Å². The van der Waals surface area contributed by atoms with Crippen LogP contribution < -0.4 is 4.74 Å². The van der Waals surface area contributed by atoms with E-state index in [1.165, 1.54) is 60.5 Å². The van der Waals surface area contributed by atoms with Crippen LogP contribution in [-0.2, 0) is 0 Å². The van der Waals surface area contributed by atoms with Gasteiger partial charge in [0.1, 0.15) is 11.9 Å². The Bertz CT molecular complexity index is 3320. The Morgan fingerprint density at radius 2 is 1.02 bits per heavy atom. The minimum atomic E-state index is -0.0805. The third-order valence-electron chi connectivity index (χ3n) is 12.3. The fourth-order valence-electron chi connectivity index (χ4n) is 9.40. The highest BCUT2D eigenvalue weighted by Crippen LogP contribution is 2.50. The zero-order valence-electron chi connectivity index (χ0n) is 32.1. The summed E-state index contributed by atoms with van der Waals surface area (Å²) in [5.74, 6) is 1.08. The summed E-state index contributed by atoms with van der Waals surface area (Å²) in [5, 5.41) is 7.12. The highest BCUT2D eigenvalue weighted by Gasteiger charge is 2.37.